The molecule has 11 heteroatoms. The van der Waals surface area contributed by atoms with Gasteiger partial charge in [0.25, 0.3) is 11.8 Å². The van der Waals surface area contributed by atoms with Crippen molar-refractivity contribution >= 4 is 63.2 Å². The number of hydrogen-bond acceptors (Lipinski definition) is 8. The minimum Gasteiger partial charge on any atom is -0.504 e. The molecule has 2 saturated heterocycles. The summed E-state index contributed by atoms with van der Waals surface area (Å²) in [5.41, 5.74) is 5.56. The number of aryl methyl sites for hydroxylation is 1. The number of aromatic hydroxyl groups is 1. The van der Waals surface area contributed by atoms with Gasteiger partial charge in [0, 0.05) is 10.8 Å². The third-order valence-corrected chi connectivity index (χ3v) is 12.7. The highest BCUT2D eigenvalue weighted by atomic mass is 127. The number of imide groups is 2. The van der Waals surface area contributed by atoms with Gasteiger partial charge in [-0.1, -0.05) is 65.7 Å². The molecule has 0 spiro atoms. The number of halogens is 1. The summed E-state index contributed by atoms with van der Waals surface area (Å²) in [6.45, 7) is 2.18. The summed E-state index contributed by atoms with van der Waals surface area (Å²) in [6, 6.07) is 24.3. The Morgan fingerprint density at radius 2 is 1.72 bits per heavy atom. The SMILES string of the molecule is COc1cc(C2C3=CCC4C(=O)N(Cc5cccs5)C(=O)C4C3CC3C(=O)N(Nc4ccc(C)cc4)C(=O)C32c2ccccc2)cc(I)c1O. The number of carbonyl (C=O) groups is 4. The van der Waals surface area contributed by atoms with Crippen LogP contribution in [0, 0.1) is 34.2 Å². The first-order chi connectivity index (χ1) is 24.1. The van der Waals surface area contributed by atoms with Gasteiger partial charge in [0.05, 0.1) is 46.1 Å². The van der Waals surface area contributed by atoms with Crippen LogP contribution < -0.4 is 10.2 Å². The number of hydrazine groups is 1. The first kappa shape index (κ1) is 32.7. The Morgan fingerprint density at radius 1 is 0.960 bits per heavy atom. The Bertz CT molecular complexity index is 2070. The zero-order chi connectivity index (χ0) is 34.9. The number of methoxy groups -OCH3 is 1. The summed E-state index contributed by atoms with van der Waals surface area (Å²) in [6.07, 6.45) is 2.60. The summed E-state index contributed by atoms with van der Waals surface area (Å²) >= 11 is 3.55. The van der Waals surface area contributed by atoms with Gasteiger partial charge in [0.2, 0.25) is 11.8 Å². The molecule has 1 aromatic heterocycles. The number of benzene rings is 3. The average Bonchev–Trinajstić information content (AvgIpc) is 3.79. The number of fused-ring (bicyclic) bond motifs is 4. The van der Waals surface area contributed by atoms with Crippen molar-refractivity contribution in [2.24, 2.45) is 23.7 Å². The lowest BCUT2D eigenvalue weighted by atomic mass is 9.49. The number of allylic oxidation sites excluding steroid dienone is 2. The van der Waals surface area contributed by atoms with E-state index in [4.69, 9.17) is 4.74 Å². The molecule has 254 valence electrons. The molecule has 6 unspecified atom stereocenters. The first-order valence-corrected chi connectivity index (χ1v) is 18.5. The molecule has 50 heavy (non-hydrogen) atoms. The van der Waals surface area contributed by atoms with Crippen molar-refractivity contribution in [2.75, 3.05) is 12.5 Å². The fourth-order valence-corrected chi connectivity index (χ4v) is 10.1. The number of rotatable bonds is 7. The van der Waals surface area contributed by atoms with Crippen molar-refractivity contribution in [3.05, 3.63) is 121 Å². The molecule has 3 aromatic carbocycles. The highest BCUT2D eigenvalue weighted by Gasteiger charge is 2.70. The normalized spacial score (nSPS) is 27.2. The smallest absolute Gasteiger partial charge is 0.260 e. The van der Waals surface area contributed by atoms with Crippen LogP contribution in [0.4, 0.5) is 5.69 Å². The van der Waals surface area contributed by atoms with Gasteiger partial charge in [-0.25, -0.2) is 0 Å². The molecular weight excluding hydrogens is 765 g/mol. The van der Waals surface area contributed by atoms with Gasteiger partial charge < -0.3 is 9.84 Å². The van der Waals surface area contributed by atoms with Crippen molar-refractivity contribution in [1.82, 2.24) is 9.91 Å². The molecule has 4 aliphatic rings. The number of thiophene rings is 1. The lowest BCUT2D eigenvalue weighted by molar-refractivity contribution is -0.141. The van der Waals surface area contributed by atoms with Gasteiger partial charge in [0.1, 0.15) is 0 Å². The van der Waals surface area contributed by atoms with E-state index >= 15 is 4.79 Å². The summed E-state index contributed by atoms with van der Waals surface area (Å²) in [4.78, 5) is 60.6. The van der Waals surface area contributed by atoms with Crippen molar-refractivity contribution in [3.8, 4) is 11.5 Å². The molecule has 0 radical (unpaired) electrons. The molecule has 3 fully saturated rings. The zero-order valence-electron chi connectivity index (χ0n) is 27.3. The minimum absolute atomic E-state index is 0.0236. The van der Waals surface area contributed by atoms with Crippen molar-refractivity contribution in [2.45, 2.75) is 37.6 Å². The van der Waals surface area contributed by atoms with E-state index in [0.29, 0.717) is 26.8 Å². The molecule has 4 aromatic rings. The van der Waals surface area contributed by atoms with E-state index in [2.05, 4.69) is 5.43 Å². The third-order valence-electron chi connectivity index (χ3n) is 11.0. The molecule has 1 saturated carbocycles. The van der Waals surface area contributed by atoms with E-state index in [9.17, 15) is 19.5 Å². The Morgan fingerprint density at radius 3 is 2.42 bits per heavy atom. The Labute approximate surface area is 307 Å². The van der Waals surface area contributed by atoms with Crippen LogP contribution in [-0.2, 0) is 31.1 Å². The van der Waals surface area contributed by atoms with Crippen molar-refractivity contribution in [3.63, 3.8) is 0 Å². The maximum absolute atomic E-state index is 15.3. The maximum atomic E-state index is 15.3. The monoisotopic (exact) mass is 799 g/mol. The Kier molecular flexibility index (Phi) is 8.09. The van der Waals surface area contributed by atoms with Crippen LogP contribution in [0.25, 0.3) is 0 Å². The number of amides is 4. The summed E-state index contributed by atoms with van der Waals surface area (Å²) < 4.78 is 6.13. The number of phenols is 1. The maximum Gasteiger partial charge on any atom is 0.260 e. The van der Waals surface area contributed by atoms with Crippen LogP contribution in [-0.4, -0.2) is 45.8 Å². The van der Waals surface area contributed by atoms with Crippen LogP contribution in [0.2, 0.25) is 0 Å². The molecule has 2 aliphatic heterocycles. The second-order valence-electron chi connectivity index (χ2n) is 13.5. The van der Waals surface area contributed by atoms with Gasteiger partial charge in [-0.05, 0) is 95.1 Å². The number of hydrogen-bond donors (Lipinski definition) is 2. The standard InChI is InChI=1S/C39H34IN3O6S/c1-21-10-12-24(13-11-21)41-43-36(46)29-19-28-26(14-15-27-32(28)37(47)42(35(27)45)20-25-9-6-16-50-25)33(22-17-30(40)34(44)31(18-22)49-2)39(29,38(43)48)23-7-4-3-5-8-23/h3-14,16-18,27-29,32-33,41,44H,15,19-20H2,1-2H3. The molecule has 8 rings (SSSR count). The molecule has 2 N–H and O–H groups in total. The van der Waals surface area contributed by atoms with Crippen molar-refractivity contribution < 1.29 is 29.0 Å². The summed E-state index contributed by atoms with van der Waals surface area (Å²) in [5.74, 6) is -4.28. The second-order valence-corrected chi connectivity index (χ2v) is 15.7. The molecule has 9 nitrogen and oxygen atoms in total. The second kappa shape index (κ2) is 12.4. The van der Waals surface area contributed by atoms with Crippen LogP contribution >= 0.6 is 33.9 Å². The lowest BCUT2D eigenvalue weighted by Crippen LogP contribution is -2.53. The van der Waals surface area contributed by atoms with Crippen LogP contribution in [0.15, 0.2) is 95.9 Å². The fraction of sp³-hybridized carbons (Fsp3) is 0.282. The predicted molar refractivity (Wildman–Crippen MR) is 196 cm³/mol. The number of ether oxygens (including phenoxy) is 1. The summed E-state index contributed by atoms with van der Waals surface area (Å²) in [5, 5.41) is 14.0. The topological polar surface area (TPSA) is 116 Å². The number of nitrogens with zero attached hydrogens (tertiary/aromatic N) is 2. The molecule has 2 aliphatic carbocycles. The van der Waals surface area contributed by atoms with Crippen molar-refractivity contribution in [1.29, 1.82) is 0 Å². The van der Waals surface area contributed by atoms with Crippen LogP contribution in [0.5, 0.6) is 11.5 Å². The third kappa shape index (κ3) is 4.84. The number of likely N-dealkylation sites (tertiary alicyclic amines) is 1. The largest absolute Gasteiger partial charge is 0.504 e. The van der Waals surface area contributed by atoms with E-state index in [-0.39, 0.29) is 36.3 Å². The van der Waals surface area contributed by atoms with Crippen LogP contribution in [0.1, 0.15) is 40.3 Å². The summed E-state index contributed by atoms with van der Waals surface area (Å²) in [7, 11) is 1.47. The fourth-order valence-electron chi connectivity index (χ4n) is 8.82. The molecule has 6 atom stereocenters. The quantitative estimate of drug-likeness (QED) is 0.124. The molecule has 4 amide bonds. The van der Waals surface area contributed by atoms with Gasteiger partial charge in [-0.2, -0.15) is 5.01 Å². The van der Waals surface area contributed by atoms with Gasteiger partial charge >= 0.3 is 0 Å². The van der Waals surface area contributed by atoms with E-state index < -0.39 is 46.8 Å². The molecule has 3 heterocycles. The minimum atomic E-state index is -1.40. The Balaban J connectivity index is 1.33. The number of phenolic OH excluding ortho intramolecular Hbond substituents is 1. The van der Waals surface area contributed by atoms with E-state index in [1.54, 1.807) is 6.07 Å². The van der Waals surface area contributed by atoms with E-state index in [1.807, 2.05) is 114 Å². The Hall–Kier alpha value is -4.49. The lowest BCUT2D eigenvalue weighted by Gasteiger charge is -2.50. The number of nitrogens with one attached hydrogen (secondary N) is 1. The number of anilines is 1. The number of carbonyl (C=O) groups excluding carboxylic acids is 4. The van der Waals surface area contributed by atoms with Gasteiger partial charge in [-0.3, -0.25) is 29.5 Å². The highest BCUT2D eigenvalue weighted by molar-refractivity contribution is 14.1. The van der Waals surface area contributed by atoms with Gasteiger partial charge in [0.15, 0.2) is 11.5 Å². The molecular formula is C39H34IN3O6S. The highest BCUT2D eigenvalue weighted by Crippen LogP contribution is 2.64. The van der Waals surface area contributed by atoms with Crippen LogP contribution in [0.3, 0.4) is 0 Å². The van der Waals surface area contributed by atoms with E-state index in [0.717, 1.165) is 21.0 Å². The van der Waals surface area contributed by atoms with Gasteiger partial charge in [-0.15, -0.1) is 11.3 Å². The molecule has 0 bridgehead atoms. The average molecular weight is 800 g/mol. The first-order valence-electron chi connectivity index (χ1n) is 16.6. The predicted octanol–water partition coefficient (Wildman–Crippen LogP) is 6.56. The zero-order valence-corrected chi connectivity index (χ0v) is 30.3. The van der Waals surface area contributed by atoms with E-state index in [1.165, 1.54) is 23.3 Å².